The van der Waals surface area contributed by atoms with Crippen molar-refractivity contribution in [1.82, 2.24) is 0 Å². The van der Waals surface area contributed by atoms with Crippen LogP contribution >= 0.6 is 0 Å². The van der Waals surface area contributed by atoms with Crippen LogP contribution in [-0.4, -0.2) is 30.2 Å². The van der Waals surface area contributed by atoms with Crippen molar-refractivity contribution in [3.63, 3.8) is 0 Å². The number of rotatable bonds is 1. The highest BCUT2D eigenvalue weighted by Gasteiger charge is 2.54. The summed E-state index contributed by atoms with van der Waals surface area (Å²) in [4.78, 5) is 11.6. The lowest BCUT2D eigenvalue weighted by Gasteiger charge is -2.28. The summed E-state index contributed by atoms with van der Waals surface area (Å²) in [5.41, 5.74) is -1.48. The van der Waals surface area contributed by atoms with Gasteiger partial charge in [0.2, 0.25) is 0 Å². The Morgan fingerprint density at radius 2 is 2.00 bits per heavy atom. The van der Waals surface area contributed by atoms with Gasteiger partial charge in [0, 0.05) is 0 Å². The Morgan fingerprint density at radius 1 is 1.50 bits per heavy atom. The molecule has 1 rings (SSSR count). The predicted molar refractivity (Wildman–Crippen MR) is 50.4 cm³/mol. The highest BCUT2D eigenvalue weighted by Crippen LogP contribution is 2.27. The van der Waals surface area contributed by atoms with Crippen LogP contribution in [0.1, 0.15) is 27.7 Å². The standard InChI is InChI=1S/C8H15BFNO3/c1-6-11(5)14-9(10,13-6)7(12)8(2,3)4/h1-5H3. The fraction of sp³-hybridized carbons (Fsp3) is 0.750. The van der Waals surface area contributed by atoms with Crippen molar-refractivity contribution in [1.29, 1.82) is 0 Å². The minimum Gasteiger partial charge on any atom is -0.601 e. The number of carbonyl (C=O) groups excluding carboxylic acids is 1. The van der Waals surface area contributed by atoms with E-state index in [1.807, 2.05) is 0 Å². The van der Waals surface area contributed by atoms with Gasteiger partial charge >= 0.3 is 12.7 Å². The van der Waals surface area contributed by atoms with Gasteiger partial charge in [-0.1, -0.05) is 20.8 Å². The minimum absolute atomic E-state index is 0.255. The van der Waals surface area contributed by atoms with Gasteiger partial charge in [-0.05, 0) is 10.2 Å². The molecule has 0 spiro atoms. The maximum absolute atomic E-state index is 13.9. The Kier molecular flexibility index (Phi) is 2.33. The van der Waals surface area contributed by atoms with Gasteiger partial charge in [-0.2, -0.15) is 0 Å². The number of nitrogens with zero attached hydrogens (tertiary/aromatic N) is 1. The topological polar surface area (TPSA) is 38.5 Å². The number of halogens is 1. The van der Waals surface area contributed by atoms with E-state index in [2.05, 4.69) is 0 Å². The second kappa shape index (κ2) is 2.97. The summed E-state index contributed by atoms with van der Waals surface area (Å²) in [5, 5.41) is 0. The Bertz CT molecular complexity index is 294. The number of hydroxylamine groups is 1. The van der Waals surface area contributed by atoms with Gasteiger partial charge in [0.05, 0.1) is 6.92 Å². The van der Waals surface area contributed by atoms with Crippen molar-refractivity contribution in [3.05, 3.63) is 0 Å². The first-order valence-electron chi connectivity index (χ1n) is 4.49. The van der Waals surface area contributed by atoms with Gasteiger partial charge in [0.25, 0.3) is 0 Å². The van der Waals surface area contributed by atoms with Crippen LogP contribution in [0.3, 0.4) is 0 Å². The average Bonchev–Trinajstić information content (AvgIpc) is 2.24. The molecule has 0 amide bonds. The van der Waals surface area contributed by atoms with Crippen molar-refractivity contribution in [2.24, 2.45) is 5.41 Å². The van der Waals surface area contributed by atoms with E-state index in [9.17, 15) is 9.11 Å². The fourth-order valence-corrected chi connectivity index (χ4v) is 1.21. The van der Waals surface area contributed by atoms with E-state index in [1.54, 1.807) is 27.7 Å². The molecule has 1 aliphatic rings. The normalized spacial score (nSPS) is 27.3. The van der Waals surface area contributed by atoms with Gasteiger partial charge in [-0.15, -0.1) is 0 Å². The zero-order valence-corrected chi connectivity index (χ0v) is 9.13. The van der Waals surface area contributed by atoms with Crippen LogP contribution in [0.15, 0.2) is 0 Å². The number of hydrogen-bond donors (Lipinski definition) is 0. The average molecular weight is 203 g/mol. The maximum atomic E-state index is 13.9. The van der Waals surface area contributed by atoms with Crippen LogP contribution < -0.4 is 0 Å². The third kappa shape index (κ3) is 1.74. The number of carbonyl (C=O) groups is 1. The Hall–Kier alpha value is -1.07. The molecule has 0 radical (unpaired) electrons. The first-order chi connectivity index (χ1) is 6.17. The lowest BCUT2D eigenvalue weighted by atomic mass is 9.65. The van der Waals surface area contributed by atoms with Crippen LogP contribution in [-0.2, 0) is 14.2 Å². The van der Waals surface area contributed by atoms with Crippen molar-refractivity contribution in [2.75, 3.05) is 7.05 Å². The Morgan fingerprint density at radius 3 is 2.29 bits per heavy atom. The van der Waals surface area contributed by atoms with Crippen LogP contribution in [0, 0.1) is 5.41 Å². The van der Waals surface area contributed by atoms with Crippen molar-refractivity contribution < 1.29 is 23.3 Å². The molecule has 0 aromatic carbocycles. The third-order valence-corrected chi connectivity index (χ3v) is 2.11. The summed E-state index contributed by atoms with van der Waals surface area (Å²) in [6.07, 6.45) is 0. The van der Waals surface area contributed by atoms with E-state index in [0.29, 0.717) is 0 Å². The summed E-state index contributed by atoms with van der Waals surface area (Å²) in [6.45, 7) is 3.05. The predicted octanol–water partition coefficient (Wildman–Crippen LogP) is 1.07. The third-order valence-electron chi connectivity index (χ3n) is 2.11. The van der Waals surface area contributed by atoms with E-state index in [4.69, 9.17) is 9.41 Å². The zero-order chi connectivity index (χ0) is 11.1. The molecule has 4 nitrogen and oxygen atoms in total. The largest absolute Gasteiger partial charge is 0.649 e. The molecule has 1 unspecified atom stereocenters. The van der Waals surface area contributed by atoms with E-state index in [1.165, 1.54) is 7.05 Å². The molecule has 0 aromatic heterocycles. The SMILES string of the molecule is CC1=[N+](C)O[B-](F)(C(=O)C(C)(C)C)O1. The van der Waals surface area contributed by atoms with Crippen LogP contribution in [0.4, 0.5) is 4.32 Å². The quantitative estimate of drug-likeness (QED) is 0.472. The molecule has 0 bridgehead atoms. The molecule has 0 N–H and O–H groups in total. The van der Waals surface area contributed by atoms with Gasteiger partial charge < -0.3 is 18.5 Å². The Labute approximate surface area is 82.7 Å². The molecule has 6 heteroatoms. The van der Waals surface area contributed by atoms with E-state index in [-0.39, 0.29) is 5.90 Å². The molecule has 0 saturated heterocycles. The lowest BCUT2D eigenvalue weighted by molar-refractivity contribution is -0.729. The second-order valence-corrected chi connectivity index (χ2v) is 4.47. The maximum Gasteiger partial charge on any atom is 0.649 e. The van der Waals surface area contributed by atoms with Crippen molar-refractivity contribution >= 4 is 18.4 Å². The first kappa shape index (κ1) is 11.0. The summed E-state index contributed by atoms with van der Waals surface area (Å²) in [7, 11) is 1.49. The van der Waals surface area contributed by atoms with E-state index >= 15 is 0 Å². The molecule has 0 saturated carbocycles. The van der Waals surface area contributed by atoms with Crippen LogP contribution in [0.25, 0.3) is 0 Å². The van der Waals surface area contributed by atoms with Crippen LogP contribution in [0.5, 0.6) is 0 Å². The molecule has 0 aromatic rings. The van der Waals surface area contributed by atoms with Gasteiger partial charge in [-0.3, -0.25) is 0 Å². The molecule has 14 heavy (non-hydrogen) atoms. The fourth-order valence-electron chi connectivity index (χ4n) is 1.21. The molecule has 1 atom stereocenters. The highest BCUT2D eigenvalue weighted by molar-refractivity contribution is 6.93. The summed E-state index contributed by atoms with van der Waals surface area (Å²) in [6, 6.07) is 0. The first-order valence-corrected chi connectivity index (χ1v) is 4.49. The van der Waals surface area contributed by atoms with Gasteiger partial charge in [-0.25, -0.2) is 0 Å². The highest BCUT2D eigenvalue weighted by atomic mass is 19.1. The molecular weight excluding hydrogens is 188 g/mol. The number of hydrogen-bond acceptors (Lipinski definition) is 3. The molecule has 1 heterocycles. The van der Waals surface area contributed by atoms with E-state index in [0.717, 1.165) is 4.74 Å². The molecule has 0 fully saturated rings. The van der Waals surface area contributed by atoms with Crippen molar-refractivity contribution in [2.45, 2.75) is 27.7 Å². The van der Waals surface area contributed by atoms with Crippen LogP contribution in [0.2, 0.25) is 0 Å². The van der Waals surface area contributed by atoms with Gasteiger partial charge in [0.1, 0.15) is 5.68 Å². The van der Waals surface area contributed by atoms with Gasteiger partial charge in [0.15, 0.2) is 7.05 Å². The summed E-state index contributed by atoms with van der Waals surface area (Å²) in [5.74, 6) is 0.255. The second-order valence-electron chi connectivity index (χ2n) is 4.47. The smallest absolute Gasteiger partial charge is 0.601 e. The minimum atomic E-state index is -3.36. The molecule has 80 valence electrons. The monoisotopic (exact) mass is 203 g/mol. The lowest BCUT2D eigenvalue weighted by Crippen LogP contribution is -2.50. The summed E-state index contributed by atoms with van der Waals surface area (Å²) < 4.78 is 24.6. The molecular formula is C8H15BFNO3. The molecule has 1 aliphatic heterocycles. The molecule has 0 aliphatic carbocycles. The Balaban J connectivity index is 2.88. The van der Waals surface area contributed by atoms with E-state index < -0.39 is 17.9 Å². The van der Waals surface area contributed by atoms with Crippen molar-refractivity contribution in [3.8, 4) is 0 Å². The zero-order valence-electron chi connectivity index (χ0n) is 9.13. The summed E-state index contributed by atoms with van der Waals surface area (Å²) >= 11 is 0.